The van der Waals surface area contributed by atoms with Crippen molar-refractivity contribution in [2.75, 3.05) is 13.2 Å². The Bertz CT molecular complexity index is 1270. The number of benzene rings is 2. The maximum atomic E-state index is 12.2. The first kappa shape index (κ1) is 22.7. The predicted octanol–water partition coefficient (Wildman–Crippen LogP) is 5.20. The number of hydrogen-bond acceptors (Lipinski definition) is 4. The van der Waals surface area contributed by atoms with Crippen LogP contribution in [0.15, 0.2) is 53.3 Å². The fourth-order valence-corrected chi connectivity index (χ4v) is 4.38. The minimum Gasteiger partial charge on any atom is -0.348 e. The van der Waals surface area contributed by atoms with Crippen molar-refractivity contribution >= 4 is 45.5 Å². The highest BCUT2D eigenvalue weighted by atomic mass is 35.5. The second kappa shape index (κ2) is 9.59. The standard InChI is InChI=1S/C14H14ClNO3.C11H9ClO/c1-9-6-13(17)16(8-14-18-4-5-19-14)12-7-10(15)2-3-11(9)12;1-7-4-10(13)6-8-5-9(12)2-3-11(7)8/h2-3,6-7,14H,4-5,8H2,1H3;2-5H,6H2,1H3. The van der Waals surface area contributed by atoms with E-state index in [0.717, 1.165) is 33.2 Å². The van der Waals surface area contributed by atoms with Gasteiger partial charge in [-0.1, -0.05) is 35.3 Å². The quantitative estimate of drug-likeness (QED) is 0.514. The first-order valence-corrected chi connectivity index (χ1v) is 11.1. The normalized spacial score (nSPS) is 15.9. The number of halogens is 2. The van der Waals surface area contributed by atoms with Crippen LogP contribution in [0.3, 0.4) is 0 Å². The number of carbonyl (C=O) groups excluding carboxylic acids is 1. The molecule has 1 saturated heterocycles. The maximum absolute atomic E-state index is 12.2. The zero-order chi connectivity index (χ0) is 22.8. The van der Waals surface area contributed by atoms with Crippen molar-refractivity contribution in [1.29, 1.82) is 0 Å². The molecule has 5 nitrogen and oxygen atoms in total. The Morgan fingerprint density at radius 2 is 1.66 bits per heavy atom. The summed E-state index contributed by atoms with van der Waals surface area (Å²) in [5.74, 6) is 0.160. The Morgan fingerprint density at radius 1 is 0.969 bits per heavy atom. The topological polar surface area (TPSA) is 57.5 Å². The number of allylic oxidation sites excluding steroid dienone is 2. The molecule has 0 atom stereocenters. The molecule has 1 aliphatic heterocycles. The molecule has 1 aliphatic carbocycles. The van der Waals surface area contributed by atoms with Gasteiger partial charge >= 0.3 is 0 Å². The molecule has 0 unspecified atom stereocenters. The molecular weight excluding hydrogens is 449 g/mol. The van der Waals surface area contributed by atoms with Gasteiger partial charge in [-0.2, -0.15) is 0 Å². The number of fused-ring (bicyclic) bond motifs is 2. The number of carbonyl (C=O) groups is 1. The van der Waals surface area contributed by atoms with Gasteiger partial charge in [-0.05, 0) is 66.5 Å². The van der Waals surface area contributed by atoms with Crippen LogP contribution in [0.25, 0.3) is 16.5 Å². The van der Waals surface area contributed by atoms with Crippen LogP contribution in [0.5, 0.6) is 0 Å². The number of aryl methyl sites for hydroxylation is 1. The third kappa shape index (κ3) is 4.97. The number of aromatic nitrogens is 1. The highest BCUT2D eigenvalue weighted by molar-refractivity contribution is 6.31. The van der Waals surface area contributed by atoms with Crippen LogP contribution in [0, 0.1) is 6.92 Å². The van der Waals surface area contributed by atoms with E-state index < -0.39 is 0 Å². The van der Waals surface area contributed by atoms with E-state index in [-0.39, 0.29) is 17.6 Å². The molecule has 0 spiro atoms. The van der Waals surface area contributed by atoms with Crippen molar-refractivity contribution in [2.24, 2.45) is 0 Å². The summed E-state index contributed by atoms with van der Waals surface area (Å²) in [5, 5.41) is 2.32. The fourth-order valence-electron chi connectivity index (χ4n) is 4.02. The average Bonchev–Trinajstić information content (AvgIpc) is 3.24. The summed E-state index contributed by atoms with van der Waals surface area (Å²) in [6.07, 6.45) is 1.81. The molecule has 32 heavy (non-hydrogen) atoms. The summed E-state index contributed by atoms with van der Waals surface area (Å²) in [6, 6.07) is 12.9. The van der Waals surface area contributed by atoms with E-state index in [4.69, 9.17) is 32.7 Å². The molecule has 0 amide bonds. The third-order valence-electron chi connectivity index (χ3n) is 5.54. The Morgan fingerprint density at radius 3 is 2.41 bits per heavy atom. The molecule has 7 heteroatoms. The molecule has 1 aromatic heterocycles. The second-order valence-electron chi connectivity index (χ2n) is 7.88. The van der Waals surface area contributed by atoms with Gasteiger partial charge in [0, 0.05) is 27.9 Å². The lowest BCUT2D eigenvalue weighted by Gasteiger charge is -2.15. The Kier molecular flexibility index (Phi) is 6.82. The summed E-state index contributed by atoms with van der Waals surface area (Å²) >= 11 is 11.9. The van der Waals surface area contributed by atoms with E-state index in [1.54, 1.807) is 22.8 Å². The van der Waals surface area contributed by atoms with Crippen LogP contribution in [0.2, 0.25) is 10.0 Å². The molecule has 0 radical (unpaired) electrons. The number of ketones is 1. The van der Waals surface area contributed by atoms with Gasteiger partial charge in [0.2, 0.25) is 0 Å². The monoisotopic (exact) mass is 471 g/mol. The number of hydrogen-bond donors (Lipinski definition) is 0. The van der Waals surface area contributed by atoms with Crippen LogP contribution in [0.1, 0.15) is 23.6 Å². The molecule has 0 bridgehead atoms. The highest BCUT2D eigenvalue weighted by Gasteiger charge is 2.19. The molecule has 5 rings (SSSR count). The maximum Gasteiger partial charge on any atom is 0.251 e. The number of nitrogens with zero attached hydrogens (tertiary/aromatic N) is 1. The fraction of sp³-hybridized carbons (Fsp3) is 0.280. The summed E-state index contributed by atoms with van der Waals surface area (Å²) in [7, 11) is 0. The number of rotatable bonds is 2. The average molecular weight is 472 g/mol. The first-order chi connectivity index (χ1) is 15.3. The van der Waals surface area contributed by atoms with Crippen LogP contribution in [-0.2, 0) is 27.2 Å². The van der Waals surface area contributed by atoms with Gasteiger partial charge in [0.15, 0.2) is 12.1 Å². The molecule has 0 N–H and O–H groups in total. The summed E-state index contributed by atoms with van der Waals surface area (Å²) in [4.78, 5) is 23.4. The van der Waals surface area contributed by atoms with E-state index in [9.17, 15) is 9.59 Å². The third-order valence-corrected chi connectivity index (χ3v) is 6.01. The van der Waals surface area contributed by atoms with Crippen LogP contribution >= 0.6 is 23.2 Å². The van der Waals surface area contributed by atoms with E-state index in [0.29, 0.717) is 36.2 Å². The van der Waals surface area contributed by atoms with Gasteiger partial charge in [-0.15, -0.1) is 0 Å². The molecule has 3 aromatic rings. The van der Waals surface area contributed by atoms with Gasteiger partial charge in [-0.3, -0.25) is 9.59 Å². The molecule has 2 heterocycles. The summed E-state index contributed by atoms with van der Waals surface area (Å²) < 4.78 is 12.5. The number of ether oxygens (including phenoxy) is 2. The van der Waals surface area contributed by atoms with Gasteiger partial charge in [0.25, 0.3) is 5.56 Å². The minimum atomic E-state index is -0.359. The lowest BCUT2D eigenvalue weighted by atomic mass is 9.91. The smallest absolute Gasteiger partial charge is 0.251 e. The van der Waals surface area contributed by atoms with Crippen LogP contribution in [0.4, 0.5) is 0 Å². The van der Waals surface area contributed by atoms with E-state index in [1.165, 1.54) is 0 Å². The van der Waals surface area contributed by atoms with Crippen molar-refractivity contribution in [3.8, 4) is 0 Å². The molecule has 0 saturated carbocycles. The van der Waals surface area contributed by atoms with Crippen molar-refractivity contribution in [3.05, 3.63) is 85.6 Å². The molecule has 2 aromatic carbocycles. The molecular formula is C25H23Cl2NO4. The van der Waals surface area contributed by atoms with Gasteiger partial charge < -0.3 is 14.0 Å². The van der Waals surface area contributed by atoms with Crippen LogP contribution < -0.4 is 5.56 Å². The van der Waals surface area contributed by atoms with E-state index in [2.05, 4.69) is 0 Å². The molecule has 166 valence electrons. The molecule has 2 aliphatic rings. The predicted molar refractivity (Wildman–Crippen MR) is 127 cm³/mol. The lowest BCUT2D eigenvalue weighted by molar-refractivity contribution is -0.114. The van der Waals surface area contributed by atoms with Crippen molar-refractivity contribution < 1.29 is 14.3 Å². The lowest BCUT2D eigenvalue weighted by Crippen LogP contribution is -2.27. The Hall–Kier alpha value is -2.44. The van der Waals surface area contributed by atoms with Gasteiger partial charge in [0.1, 0.15) is 0 Å². The van der Waals surface area contributed by atoms with Crippen molar-refractivity contribution in [2.45, 2.75) is 33.1 Å². The van der Waals surface area contributed by atoms with E-state index >= 15 is 0 Å². The van der Waals surface area contributed by atoms with Crippen LogP contribution in [-0.4, -0.2) is 29.9 Å². The van der Waals surface area contributed by atoms with E-state index in [1.807, 2.05) is 44.2 Å². The summed E-state index contributed by atoms with van der Waals surface area (Å²) in [6.45, 7) is 5.40. The van der Waals surface area contributed by atoms with Gasteiger partial charge in [0.05, 0.1) is 25.3 Å². The second-order valence-corrected chi connectivity index (χ2v) is 8.75. The first-order valence-electron chi connectivity index (χ1n) is 10.3. The largest absolute Gasteiger partial charge is 0.348 e. The summed E-state index contributed by atoms with van der Waals surface area (Å²) in [5.41, 5.74) is 4.91. The zero-order valence-electron chi connectivity index (χ0n) is 17.9. The van der Waals surface area contributed by atoms with Gasteiger partial charge in [-0.25, -0.2) is 0 Å². The van der Waals surface area contributed by atoms with Crippen molar-refractivity contribution in [1.82, 2.24) is 4.57 Å². The number of pyridine rings is 1. The Balaban J connectivity index is 0.000000165. The van der Waals surface area contributed by atoms with Crippen molar-refractivity contribution in [3.63, 3.8) is 0 Å². The Labute approximate surface area is 196 Å². The highest BCUT2D eigenvalue weighted by Crippen LogP contribution is 2.27. The molecule has 1 fully saturated rings. The minimum absolute atomic E-state index is 0.0635. The SMILES string of the molecule is CC1=CC(=O)Cc2cc(Cl)ccc21.Cc1cc(=O)n(CC2OCCO2)c2cc(Cl)ccc12. The zero-order valence-corrected chi connectivity index (χ0v) is 19.4.